The van der Waals surface area contributed by atoms with Gasteiger partial charge < -0.3 is 11.1 Å². The van der Waals surface area contributed by atoms with Crippen LogP contribution in [0.25, 0.3) is 0 Å². The number of nitrogens with one attached hydrogen (secondary N) is 1. The highest BCUT2D eigenvalue weighted by molar-refractivity contribution is 7.80. The number of thiocarbonyl (C=S) groups is 1. The Morgan fingerprint density at radius 3 is 2.67 bits per heavy atom. The molecule has 0 radical (unpaired) electrons. The van der Waals surface area contributed by atoms with E-state index in [0.29, 0.717) is 4.99 Å². The Kier molecular flexibility index (Phi) is 4.28. The molecule has 0 saturated heterocycles. The van der Waals surface area contributed by atoms with Crippen LogP contribution in [0.2, 0.25) is 0 Å². The minimum absolute atomic E-state index is 0.375. The van der Waals surface area contributed by atoms with Crippen molar-refractivity contribution >= 4 is 34.4 Å². The van der Waals surface area contributed by atoms with Gasteiger partial charge in [-0.3, -0.25) is 0 Å². The van der Waals surface area contributed by atoms with Crippen molar-refractivity contribution < 1.29 is 0 Å². The Hall–Kier alpha value is -1.46. The van der Waals surface area contributed by atoms with Crippen LogP contribution >= 0.6 is 23.6 Å². The highest BCUT2D eigenvalue weighted by Crippen LogP contribution is 2.18. The third-order valence-electron chi connectivity index (χ3n) is 2.56. The summed E-state index contributed by atoms with van der Waals surface area (Å²) in [4.78, 5) is 7.36. The summed E-state index contributed by atoms with van der Waals surface area (Å²) in [7, 11) is 0. The number of nitrogens with zero attached hydrogens (tertiary/aromatic N) is 1. The first-order chi connectivity index (χ1) is 8.69. The van der Waals surface area contributed by atoms with Gasteiger partial charge in [0.05, 0.1) is 6.54 Å². The molecule has 0 saturated carbocycles. The molecule has 0 fully saturated rings. The molecular formula is C13H15N3S2. The van der Waals surface area contributed by atoms with Gasteiger partial charge in [0.2, 0.25) is 0 Å². The van der Waals surface area contributed by atoms with Crippen LogP contribution in [0.1, 0.15) is 22.2 Å². The van der Waals surface area contributed by atoms with E-state index in [0.717, 1.165) is 24.3 Å². The monoisotopic (exact) mass is 277 g/mol. The first-order valence-electron chi connectivity index (χ1n) is 5.76. The smallest absolute Gasteiger partial charge is 0.126 e. The fourth-order valence-corrected chi connectivity index (χ4v) is 2.55. The summed E-state index contributed by atoms with van der Waals surface area (Å²) in [6.07, 6.45) is 2.78. The van der Waals surface area contributed by atoms with Crippen molar-refractivity contribution in [2.45, 2.75) is 19.9 Å². The van der Waals surface area contributed by atoms with E-state index in [1.165, 1.54) is 9.75 Å². The zero-order chi connectivity index (χ0) is 13.0. The van der Waals surface area contributed by atoms with Crippen molar-refractivity contribution in [1.82, 2.24) is 4.98 Å². The molecule has 0 bridgehead atoms. The molecule has 0 spiro atoms. The summed E-state index contributed by atoms with van der Waals surface area (Å²) >= 11 is 6.71. The molecule has 0 amide bonds. The molecular weight excluding hydrogens is 262 g/mol. The van der Waals surface area contributed by atoms with Crippen LogP contribution in [0.3, 0.4) is 0 Å². The average Bonchev–Trinajstić information content (AvgIpc) is 2.85. The number of anilines is 1. The van der Waals surface area contributed by atoms with Gasteiger partial charge in [-0.25, -0.2) is 4.98 Å². The molecule has 0 atom stereocenters. The van der Waals surface area contributed by atoms with E-state index >= 15 is 0 Å². The minimum Gasteiger partial charge on any atom is -0.389 e. The molecule has 2 heterocycles. The predicted molar refractivity (Wildman–Crippen MR) is 81.1 cm³/mol. The number of aromatic nitrogens is 1. The van der Waals surface area contributed by atoms with Gasteiger partial charge in [-0.05, 0) is 30.7 Å². The van der Waals surface area contributed by atoms with E-state index < -0.39 is 0 Å². The molecule has 94 valence electrons. The first-order valence-corrected chi connectivity index (χ1v) is 6.99. The lowest BCUT2D eigenvalue weighted by Gasteiger charge is -2.04. The summed E-state index contributed by atoms with van der Waals surface area (Å²) in [6.45, 7) is 2.96. The molecule has 0 aromatic carbocycles. The zero-order valence-corrected chi connectivity index (χ0v) is 11.8. The number of rotatable bonds is 5. The lowest BCUT2D eigenvalue weighted by molar-refractivity contribution is 1.14. The van der Waals surface area contributed by atoms with Crippen molar-refractivity contribution in [1.29, 1.82) is 0 Å². The molecule has 2 aromatic heterocycles. The Bertz CT molecular complexity index is 531. The second-order valence-corrected chi connectivity index (χ2v) is 5.56. The third kappa shape index (κ3) is 3.27. The number of hydrogen-bond donors (Lipinski definition) is 2. The maximum absolute atomic E-state index is 5.52. The summed E-state index contributed by atoms with van der Waals surface area (Å²) in [5.74, 6) is 0.835. The van der Waals surface area contributed by atoms with Gasteiger partial charge in [0.15, 0.2) is 0 Å². The number of aryl methyl sites for hydroxylation is 1. The summed E-state index contributed by atoms with van der Waals surface area (Å²) in [5, 5.41) is 3.28. The van der Waals surface area contributed by atoms with Gasteiger partial charge in [0.25, 0.3) is 0 Å². The van der Waals surface area contributed by atoms with Crippen LogP contribution in [0, 0.1) is 0 Å². The maximum atomic E-state index is 5.52. The maximum Gasteiger partial charge on any atom is 0.126 e. The first kappa shape index (κ1) is 13.0. The lowest BCUT2D eigenvalue weighted by atomic mass is 10.3. The van der Waals surface area contributed by atoms with Crippen molar-refractivity contribution in [2.75, 3.05) is 5.32 Å². The number of thiophene rings is 1. The van der Waals surface area contributed by atoms with Gasteiger partial charge in [-0.2, -0.15) is 0 Å². The van der Waals surface area contributed by atoms with Crippen LogP contribution in [0.4, 0.5) is 5.82 Å². The van der Waals surface area contributed by atoms with Crippen molar-refractivity contribution in [3.63, 3.8) is 0 Å². The standard InChI is InChI=1S/C13H15N3S2/c1-2-10-4-5-11(18-10)8-16-12-6-3-9(7-15-12)13(14)17/h3-7H,2,8H2,1H3,(H2,14,17)(H,15,16). The minimum atomic E-state index is 0.375. The third-order valence-corrected chi connectivity index (χ3v) is 4.02. The van der Waals surface area contributed by atoms with E-state index in [2.05, 4.69) is 29.4 Å². The molecule has 18 heavy (non-hydrogen) atoms. The molecule has 3 nitrogen and oxygen atoms in total. The van der Waals surface area contributed by atoms with Gasteiger partial charge in [0, 0.05) is 21.5 Å². The van der Waals surface area contributed by atoms with E-state index in [1.54, 1.807) is 6.20 Å². The molecule has 0 aliphatic rings. The van der Waals surface area contributed by atoms with Crippen LogP contribution in [-0.2, 0) is 13.0 Å². The fraction of sp³-hybridized carbons (Fsp3) is 0.231. The van der Waals surface area contributed by atoms with Crippen molar-refractivity contribution in [2.24, 2.45) is 5.73 Å². The number of hydrogen-bond acceptors (Lipinski definition) is 4. The quantitative estimate of drug-likeness (QED) is 0.825. The SMILES string of the molecule is CCc1ccc(CNc2ccc(C(N)=S)cn2)s1. The fourth-order valence-electron chi connectivity index (χ4n) is 1.53. The highest BCUT2D eigenvalue weighted by Gasteiger charge is 2.00. The summed E-state index contributed by atoms with van der Waals surface area (Å²) in [6, 6.07) is 8.09. The van der Waals surface area contributed by atoms with Crippen LogP contribution < -0.4 is 11.1 Å². The Balaban J connectivity index is 1.95. The second kappa shape index (κ2) is 5.93. The van der Waals surface area contributed by atoms with Crippen LogP contribution in [-0.4, -0.2) is 9.97 Å². The molecule has 2 aromatic rings. The normalized spacial score (nSPS) is 10.3. The van der Waals surface area contributed by atoms with Gasteiger partial charge in [-0.15, -0.1) is 11.3 Å². The van der Waals surface area contributed by atoms with Crippen molar-refractivity contribution in [3.05, 3.63) is 45.8 Å². The molecule has 2 rings (SSSR count). The summed E-state index contributed by atoms with van der Waals surface area (Å²) in [5.41, 5.74) is 6.31. The molecule has 0 aliphatic carbocycles. The molecule has 3 N–H and O–H groups in total. The zero-order valence-electron chi connectivity index (χ0n) is 10.1. The van der Waals surface area contributed by atoms with E-state index in [1.807, 2.05) is 23.5 Å². The number of nitrogens with two attached hydrogens (primary N) is 1. The molecule has 5 heteroatoms. The van der Waals surface area contributed by atoms with Crippen LogP contribution in [0.5, 0.6) is 0 Å². The van der Waals surface area contributed by atoms with Gasteiger partial charge >= 0.3 is 0 Å². The summed E-state index contributed by atoms with van der Waals surface area (Å²) < 4.78 is 0. The molecule has 0 unspecified atom stereocenters. The average molecular weight is 277 g/mol. The molecule has 0 aliphatic heterocycles. The van der Waals surface area contributed by atoms with E-state index in [4.69, 9.17) is 18.0 Å². The highest BCUT2D eigenvalue weighted by atomic mass is 32.1. The van der Waals surface area contributed by atoms with Gasteiger partial charge in [0.1, 0.15) is 10.8 Å². The largest absolute Gasteiger partial charge is 0.389 e. The topological polar surface area (TPSA) is 50.9 Å². The second-order valence-electron chi connectivity index (χ2n) is 3.87. The lowest BCUT2D eigenvalue weighted by Crippen LogP contribution is -2.10. The number of pyridine rings is 1. The van der Waals surface area contributed by atoms with Gasteiger partial charge in [-0.1, -0.05) is 19.1 Å². The Morgan fingerprint density at radius 2 is 2.11 bits per heavy atom. The van der Waals surface area contributed by atoms with E-state index in [-0.39, 0.29) is 0 Å². The van der Waals surface area contributed by atoms with Crippen molar-refractivity contribution in [3.8, 4) is 0 Å². The Labute approximate surface area is 116 Å². The van der Waals surface area contributed by atoms with Crippen LogP contribution in [0.15, 0.2) is 30.5 Å². The Morgan fingerprint density at radius 1 is 1.33 bits per heavy atom. The van der Waals surface area contributed by atoms with E-state index in [9.17, 15) is 0 Å². The predicted octanol–water partition coefficient (Wildman–Crippen LogP) is 2.95.